The number of para-hydroxylation sites is 1. The molecule has 0 aliphatic heterocycles. The van der Waals surface area contributed by atoms with Gasteiger partial charge in [0.15, 0.2) is 12.4 Å². The van der Waals surface area contributed by atoms with Gasteiger partial charge in [-0.3, -0.25) is 4.79 Å². The number of halogens is 1. The van der Waals surface area contributed by atoms with Crippen LogP contribution >= 0.6 is 0 Å². The molecule has 1 heterocycles. The average Bonchev–Trinajstić information content (AvgIpc) is 3.17. The Morgan fingerprint density at radius 2 is 1.76 bits per heavy atom. The van der Waals surface area contributed by atoms with Gasteiger partial charge in [0.2, 0.25) is 0 Å². The third-order valence-corrected chi connectivity index (χ3v) is 4.23. The van der Waals surface area contributed by atoms with Gasteiger partial charge in [0.25, 0.3) is 5.91 Å². The number of carbonyl (C=O) groups excluding carboxylic acids is 2. The number of rotatable bonds is 5. The van der Waals surface area contributed by atoms with Gasteiger partial charge in [-0.05, 0) is 30.3 Å². The lowest BCUT2D eigenvalue weighted by Gasteiger charge is -2.07. The van der Waals surface area contributed by atoms with E-state index in [0.29, 0.717) is 16.7 Å². The van der Waals surface area contributed by atoms with Crippen molar-refractivity contribution in [2.45, 2.75) is 0 Å². The van der Waals surface area contributed by atoms with E-state index >= 15 is 0 Å². The summed E-state index contributed by atoms with van der Waals surface area (Å²) in [7, 11) is 0. The van der Waals surface area contributed by atoms with Crippen molar-refractivity contribution < 1.29 is 23.2 Å². The lowest BCUT2D eigenvalue weighted by atomic mass is 10.1. The van der Waals surface area contributed by atoms with Crippen molar-refractivity contribution in [3.8, 4) is 11.3 Å². The Labute approximate surface area is 164 Å². The minimum absolute atomic E-state index is 0.0203. The van der Waals surface area contributed by atoms with E-state index in [-0.39, 0.29) is 11.3 Å². The number of carbonyl (C=O) groups is 2. The molecule has 4 aromatic rings. The predicted molar refractivity (Wildman–Crippen MR) is 105 cm³/mol. The molecule has 1 amide bonds. The third kappa shape index (κ3) is 3.98. The summed E-state index contributed by atoms with van der Waals surface area (Å²) in [5, 5.41) is 7.01. The monoisotopic (exact) mass is 390 g/mol. The number of nitrogens with one attached hydrogen (secondary N) is 1. The number of amides is 1. The van der Waals surface area contributed by atoms with Crippen LogP contribution < -0.4 is 5.32 Å². The Kier molecular flexibility index (Phi) is 5.03. The summed E-state index contributed by atoms with van der Waals surface area (Å²) in [6.07, 6.45) is 0. The number of aromatic nitrogens is 1. The van der Waals surface area contributed by atoms with Crippen molar-refractivity contribution in [2.24, 2.45) is 0 Å². The Bertz CT molecular complexity index is 1190. The van der Waals surface area contributed by atoms with Gasteiger partial charge in [-0.15, -0.1) is 0 Å². The van der Waals surface area contributed by atoms with E-state index in [4.69, 9.17) is 9.26 Å². The predicted octanol–water partition coefficient (Wildman–Crippen LogP) is 4.43. The SMILES string of the molecule is O=C(COC(=O)c1ccc2noc(-c3ccccc3)c2c1)Nc1ccccc1F. The summed E-state index contributed by atoms with van der Waals surface area (Å²) in [5.74, 6) is -1.36. The minimum atomic E-state index is -0.684. The van der Waals surface area contributed by atoms with Crippen molar-refractivity contribution in [3.63, 3.8) is 0 Å². The van der Waals surface area contributed by atoms with Crippen molar-refractivity contribution in [1.82, 2.24) is 5.16 Å². The number of fused-ring (bicyclic) bond motifs is 1. The quantitative estimate of drug-likeness (QED) is 0.510. The lowest BCUT2D eigenvalue weighted by molar-refractivity contribution is -0.119. The van der Waals surface area contributed by atoms with Crippen molar-refractivity contribution in [2.75, 3.05) is 11.9 Å². The zero-order chi connectivity index (χ0) is 20.2. The van der Waals surface area contributed by atoms with Crippen LogP contribution in [0.2, 0.25) is 0 Å². The highest BCUT2D eigenvalue weighted by Crippen LogP contribution is 2.29. The summed E-state index contributed by atoms with van der Waals surface area (Å²) in [6.45, 7) is -0.541. The molecule has 0 fully saturated rings. The highest BCUT2D eigenvalue weighted by Gasteiger charge is 2.16. The zero-order valence-corrected chi connectivity index (χ0v) is 15.1. The topological polar surface area (TPSA) is 81.4 Å². The maximum Gasteiger partial charge on any atom is 0.338 e. The lowest BCUT2D eigenvalue weighted by Crippen LogP contribution is -2.21. The van der Waals surface area contributed by atoms with Gasteiger partial charge in [0.05, 0.1) is 16.6 Å². The van der Waals surface area contributed by atoms with Crippen LogP contribution in [0, 0.1) is 5.82 Å². The Morgan fingerprint density at radius 3 is 2.55 bits per heavy atom. The third-order valence-electron chi connectivity index (χ3n) is 4.23. The van der Waals surface area contributed by atoms with Crippen LogP contribution in [0.4, 0.5) is 10.1 Å². The highest BCUT2D eigenvalue weighted by atomic mass is 19.1. The van der Waals surface area contributed by atoms with Crippen molar-refractivity contribution >= 4 is 28.5 Å². The normalized spacial score (nSPS) is 10.7. The Hall–Kier alpha value is -4.00. The van der Waals surface area contributed by atoms with Gasteiger partial charge in [0, 0.05) is 5.56 Å². The van der Waals surface area contributed by atoms with Crippen LogP contribution in [0.1, 0.15) is 10.4 Å². The van der Waals surface area contributed by atoms with Crippen LogP contribution in [0.15, 0.2) is 77.3 Å². The first kappa shape index (κ1) is 18.4. The van der Waals surface area contributed by atoms with Crippen molar-refractivity contribution in [3.05, 3.63) is 84.2 Å². The zero-order valence-electron chi connectivity index (χ0n) is 15.1. The molecule has 3 aromatic carbocycles. The summed E-state index contributed by atoms with van der Waals surface area (Å²) >= 11 is 0. The molecule has 0 atom stereocenters. The molecule has 7 heteroatoms. The van der Waals surface area contributed by atoms with Crippen LogP contribution in [-0.2, 0) is 9.53 Å². The molecule has 0 bridgehead atoms. The number of nitrogens with zero attached hydrogens (tertiary/aromatic N) is 1. The van der Waals surface area contributed by atoms with E-state index in [2.05, 4.69) is 10.5 Å². The fourth-order valence-corrected chi connectivity index (χ4v) is 2.83. The van der Waals surface area contributed by atoms with E-state index in [9.17, 15) is 14.0 Å². The molecular formula is C22H15FN2O4. The molecule has 0 radical (unpaired) electrons. The van der Waals surface area contributed by atoms with Crippen molar-refractivity contribution in [1.29, 1.82) is 0 Å². The first-order valence-electron chi connectivity index (χ1n) is 8.78. The second-order valence-electron chi connectivity index (χ2n) is 6.21. The van der Waals surface area contributed by atoms with Gasteiger partial charge in [-0.1, -0.05) is 47.6 Å². The first-order valence-corrected chi connectivity index (χ1v) is 8.78. The van der Waals surface area contributed by atoms with Crippen LogP contribution in [-0.4, -0.2) is 23.6 Å². The molecule has 6 nitrogen and oxygen atoms in total. The summed E-state index contributed by atoms with van der Waals surface area (Å²) in [4.78, 5) is 24.3. The van der Waals surface area contributed by atoms with E-state index < -0.39 is 24.3 Å². The van der Waals surface area contributed by atoms with E-state index in [1.807, 2.05) is 30.3 Å². The summed E-state index contributed by atoms with van der Waals surface area (Å²) in [6, 6.07) is 19.9. The molecule has 144 valence electrons. The molecule has 4 rings (SSSR count). The fourth-order valence-electron chi connectivity index (χ4n) is 2.83. The van der Waals surface area contributed by atoms with E-state index in [0.717, 1.165) is 5.56 Å². The molecule has 0 unspecified atom stereocenters. The maximum atomic E-state index is 13.6. The number of benzene rings is 3. The van der Waals surface area contributed by atoms with E-state index in [1.165, 1.54) is 24.3 Å². The fraction of sp³-hybridized carbons (Fsp3) is 0.0455. The summed E-state index contributed by atoms with van der Waals surface area (Å²) in [5.41, 5.74) is 1.69. The van der Waals surface area contributed by atoms with Crippen LogP contribution in [0.25, 0.3) is 22.2 Å². The maximum absolute atomic E-state index is 13.6. The van der Waals surface area contributed by atoms with Gasteiger partial charge < -0.3 is 14.6 Å². The number of anilines is 1. The highest BCUT2D eigenvalue weighted by molar-refractivity contribution is 6.00. The molecular weight excluding hydrogens is 375 g/mol. The van der Waals surface area contributed by atoms with Gasteiger partial charge in [-0.25, -0.2) is 9.18 Å². The van der Waals surface area contributed by atoms with E-state index in [1.54, 1.807) is 18.2 Å². The van der Waals surface area contributed by atoms with Gasteiger partial charge in [0.1, 0.15) is 11.3 Å². The molecule has 1 N–H and O–H groups in total. The second-order valence-corrected chi connectivity index (χ2v) is 6.21. The van der Waals surface area contributed by atoms with Crippen LogP contribution in [0.5, 0.6) is 0 Å². The molecule has 0 spiro atoms. The molecule has 0 saturated carbocycles. The molecule has 0 aliphatic rings. The smallest absolute Gasteiger partial charge is 0.338 e. The second kappa shape index (κ2) is 7.93. The standard InChI is InChI=1S/C22H15FN2O4/c23-17-8-4-5-9-19(17)24-20(26)13-28-22(27)15-10-11-18-16(12-15)21(29-25-18)14-6-2-1-3-7-14/h1-12H,13H2,(H,24,26). The number of esters is 1. The Balaban J connectivity index is 1.47. The summed E-state index contributed by atoms with van der Waals surface area (Å²) < 4.78 is 24.0. The Morgan fingerprint density at radius 1 is 1.00 bits per heavy atom. The molecule has 1 aromatic heterocycles. The number of ether oxygens (including phenoxy) is 1. The molecule has 0 saturated heterocycles. The average molecular weight is 390 g/mol. The van der Waals surface area contributed by atoms with Gasteiger partial charge >= 0.3 is 5.97 Å². The number of hydrogen-bond acceptors (Lipinski definition) is 5. The first-order chi connectivity index (χ1) is 14.1. The molecule has 0 aliphatic carbocycles. The van der Waals surface area contributed by atoms with Gasteiger partial charge in [-0.2, -0.15) is 0 Å². The molecule has 29 heavy (non-hydrogen) atoms. The van der Waals surface area contributed by atoms with Crippen LogP contribution in [0.3, 0.4) is 0 Å². The largest absolute Gasteiger partial charge is 0.452 e. The minimum Gasteiger partial charge on any atom is -0.452 e. The number of hydrogen-bond donors (Lipinski definition) is 1.